The van der Waals surface area contributed by atoms with Crippen molar-refractivity contribution < 1.29 is 28.6 Å². The highest BCUT2D eigenvalue weighted by Crippen LogP contribution is 2.56. The van der Waals surface area contributed by atoms with Crippen LogP contribution in [0.15, 0.2) is 0 Å². The molecule has 1 saturated heterocycles. The molecule has 4 fully saturated rings. The minimum Gasteiger partial charge on any atom is -0.465 e. The van der Waals surface area contributed by atoms with Crippen molar-refractivity contribution >= 4 is 17.9 Å². The largest absolute Gasteiger partial charge is 0.465 e. The van der Waals surface area contributed by atoms with Gasteiger partial charge in [0.15, 0.2) is 0 Å². The van der Waals surface area contributed by atoms with E-state index >= 15 is 0 Å². The first kappa shape index (κ1) is 26.0. The van der Waals surface area contributed by atoms with E-state index in [2.05, 4.69) is 6.92 Å². The van der Waals surface area contributed by atoms with E-state index in [0.29, 0.717) is 18.4 Å². The molecule has 5 unspecified atom stereocenters. The van der Waals surface area contributed by atoms with Crippen molar-refractivity contribution in [3.05, 3.63) is 0 Å². The molecule has 5 atom stereocenters. The molecular weight excluding hydrogens is 420 g/mol. The third-order valence-corrected chi connectivity index (χ3v) is 8.94. The zero-order valence-electron chi connectivity index (χ0n) is 21.7. The second kappa shape index (κ2) is 9.58. The van der Waals surface area contributed by atoms with Crippen LogP contribution in [0, 0.1) is 34.5 Å². The Morgan fingerprint density at radius 1 is 0.970 bits per heavy atom. The zero-order chi connectivity index (χ0) is 24.6. The van der Waals surface area contributed by atoms with Crippen LogP contribution in [0.25, 0.3) is 0 Å². The first-order valence-electron chi connectivity index (χ1n) is 12.9. The van der Waals surface area contributed by atoms with Crippen LogP contribution >= 0.6 is 0 Å². The highest BCUT2D eigenvalue weighted by molar-refractivity contribution is 5.78. The Labute approximate surface area is 199 Å². The Bertz CT molecular complexity index is 748. The summed E-state index contributed by atoms with van der Waals surface area (Å²) in [7, 11) is 0. The lowest BCUT2D eigenvalue weighted by Gasteiger charge is -2.31. The first-order chi connectivity index (χ1) is 15.3. The minimum absolute atomic E-state index is 0.0127. The average Bonchev–Trinajstić information content (AvgIpc) is 3.52. The molecular formula is C27H44O6. The molecule has 1 aliphatic heterocycles. The Balaban J connectivity index is 0.000000196. The van der Waals surface area contributed by atoms with Crippen LogP contribution in [-0.2, 0) is 28.6 Å². The van der Waals surface area contributed by atoms with Crippen molar-refractivity contribution in [1.29, 1.82) is 0 Å². The lowest BCUT2D eigenvalue weighted by Crippen LogP contribution is -2.38. The maximum Gasteiger partial charge on any atom is 0.312 e. The summed E-state index contributed by atoms with van der Waals surface area (Å²) >= 11 is 0. The molecule has 2 bridgehead atoms. The van der Waals surface area contributed by atoms with E-state index in [9.17, 15) is 14.4 Å². The van der Waals surface area contributed by atoms with Crippen molar-refractivity contribution in [1.82, 2.24) is 0 Å². The predicted octanol–water partition coefficient (Wildman–Crippen LogP) is 5.46. The fourth-order valence-electron chi connectivity index (χ4n) is 5.58. The van der Waals surface area contributed by atoms with E-state index in [1.165, 1.54) is 12.8 Å². The van der Waals surface area contributed by atoms with Gasteiger partial charge in [-0.15, -0.1) is 0 Å². The van der Waals surface area contributed by atoms with Crippen molar-refractivity contribution in [3.8, 4) is 0 Å². The monoisotopic (exact) mass is 464 g/mol. The average molecular weight is 465 g/mol. The van der Waals surface area contributed by atoms with Gasteiger partial charge in [-0.3, -0.25) is 14.4 Å². The van der Waals surface area contributed by atoms with Crippen molar-refractivity contribution in [2.75, 3.05) is 6.61 Å². The maximum absolute atomic E-state index is 12.2. The molecule has 6 nitrogen and oxygen atoms in total. The quantitative estimate of drug-likeness (QED) is 0.383. The summed E-state index contributed by atoms with van der Waals surface area (Å²) in [5.41, 5.74) is -0.938. The Hall–Kier alpha value is -1.59. The molecule has 0 amide bonds. The maximum atomic E-state index is 12.2. The Morgan fingerprint density at radius 3 is 2.12 bits per heavy atom. The first-order valence-corrected chi connectivity index (χ1v) is 12.9. The highest BCUT2D eigenvalue weighted by Gasteiger charge is 2.60. The van der Waals surface area contributed by atoms with E-state index in [1.807, 2.05) is 41.5 Å². The standard InChI is InChI=1S/C15H22O4.C12H22O2/c1-4-15(2,3)14(17)19-11-6-8-5-9(11)12-10(8)7-18-13(12)16;1-5-11(2,3)10(13)14-12(4)8-6-7-9-12/h8-12H,4-7H2,1-3H3;5-9H2,1-4H3. The SMILES string of the molecule is CCC(C)(C)C(=O)OC1(C)CCCC1.CCC(C)(C)C(=O)OC1CC2CC1C1C(=O)OCC21. The van der Waals surface area contributed by atoms with Gasteiger partial charge in [0.2, 0.25) is 0 Å². The van der Waals surface area contributed by atoms with Gasteiger partial charge in [-0.05, 0) is 91.9 Å². The second-order valence-electron chi connectivity index (χ2n) is 12.2. The van der Waals surface area contributed by atoms with Gasteiger partial charge in [0.25, 0.3) is 0 Å². The van der Waals surface area contributed by atoms with Crippen LogP contribution in [0.2, 0.25) is 0 Å². The fourth-order valence-corrected chi connectivity index (χ4v) is 5.58. The van der Waals surface area contributed by atoms with Gasteiger partial charge >= 0.3 is 17.9 Å². The van der Waals surface area contributed by atoms with Crippen LogP contribution in [0.1, 0.15) is 99.8 Å². The van der Waals surface area contributed by atoms with Gasteiger partial charge in [0.1, 0.15) is 11.7 Å². The molecule has 0 spiro atoms. The van der Waals surface area contributed by atoms with E-state index in [0.717, 1.165) is 38.5 Å². The van der Waals surface area contributed by atoms with Gasteiger partial charge in [0, 0.05) is 11.8 Å². The van der Waals surface area contributed by atoms with Gasteiger partial charge in [0.05, 0.1) is 23.4 Å². The lowest BCUT2D eigenvalue weighted by molar-refractivity contribution is -0.168. The molecule has 0 radical (unpaired) electrons. The van der Waals surface area contributed by atoms with E-state index in [-0.39, 0.29) is 46.9 Å². The van der Waals surface area contributed by atoms with Crippen LogP contribution in [-0.4, -0.2) is 36.2 Å². The minimum atomic E-state index is -0.433. The summed E-state index contributed by atoms with van der Waals surface area (Å²) in [6.45, 7) is 14.4. The molecule has 33 heavy (non-hydrogen) atoms. The van der Waals surface area contributed by atoms with Crippen LogP contribution in [0.5, 0.6) is 0 Å². The molecule has 4 rings (SSSR count). The van der Waals surface area contributed by atoms with E-state index in [4.69, 9.17) is 14.2 Å². The van der Waals surface area contributed by atoms with Crippen LogP contribution in [0.3, 0.4) is 0 Å². The number of ether oxygens (including phenoxy) is 3. The molecule has 6 heteroatoms. The smallest absolute Gasteiger partial charge is 0.312 e. The fraction of sp³-hybridized carbons (Fsp3) is 0.889. The van der Waals surface area contributed by atoms with Crippen molar-refractivity contribution in [2.24, 2.45) is 34.5 Å². The van der Waals surface area contributed by atoms with Crippen molar-refractivity contribution in [2.45, 2.75) is 112 Å². The summed E-state index contributed by atoms with van der Waals surface area (Å²) in [6.07, 6.45) is 7.89. The van der Waals surface area contributed by atoms with Crippen molar-refractivity contribution in [3.63, 3.8) is 0 Å². The summed E-state index contributed by atoms with van der Waals surface area (Å²) in [5.74, 6) is 0.825. The third-order valence-electron chi connectivity index (χ3n) is 8.94. The van der Waals surface area contributed by atoms with Gasteiger partial charge in [-0.2, -0.15) is 0 Å². The summed E-state index contributed by atoms with van der Waals surface area (Å²) in [5, 5.41) is 0. The molecule has 188 valence electrons. The molecule has 0 aromatic heterocycles. The summed E-state index contributed by atoms with van der Waals surface area (Å²) in [4.78, 5) is 35.8. The number of carbonyl (C=O) groups is 3. The topological polar surface area (TPSA) is 78.9 Å². The molecule has 4 aliphatic rings. The summed E-state index contributed by atoms with van der Waals surface area (Å²) in [6, 6.07) is 0. The van der Waals surface area contributed by atoms with E-state index in [1.54, 1.807) is 0 Å². The second-order valence-corrected chi connectivity index (χ2v) is 12.2. The summed E-state index contributed by atoms with van der Waals surface area (Å²) < 4.78 is 16.5. The number of hydrogen-bond acceptors (Lipinski definition) is 6. The third kappa shape index (κ3) is 5.40. The Morgan fingerprint density at radius 2 is 1.55 bits per heavy atom. The Kier molecular flexibility index (Phi) is 7.55. The molecule has 3 saturated carbocycles. The predicted molar refractivity (Wildman–Crippen MR) is 125 cm³/mol. The number of esters is 3. The highest BCUT2D eigenvalue weighted by atomic mass is 16.6. The molecule has 0 aromatic rings. The molecule has 0 aromatic carbocycles. The van der Waals surface area contributed by atoms with Crippen LogP contribution < -0.4 is 0 Å². The number of cyclic esters (lactones) is 1. The van der Waals surface area contributed by atoms with Gasteiger partial charge < -0.3 is 14.2 Å². The van der Waals surface area contributed by atoms with Gasteiger partial charge in [-0.1, -0.05) is 13.8 Å². The lowest BCUT2D eigenvalue weighted by atomic mass is 9.79. The number of carbonyl (C=O) groups excluding carboxylic acids is 3. The normalized spacial score (nSPS) is 32.0. The molecule has 1 heterocycles. The number of fused-ring (bicyclic) bond motifs is 5. The number of rotatable bonds is 6. The zero-order valence-corrected chi connectivity index (χ0v) is 21.7. The van der Waals surface area contributed by atoms with Crippen LogP contribution in [0.4, 0.5) is 0 Å². The molecule has 3 aliphatic carbocycles. The number of hydrogen-bond donors (Lipinski definition) is 0. The molecule has 0 N–H and O–H groups in total. The van der Waals surface area contributed by atoms with Gasteiger partial charge in [-0.25, -0.2) is 0 Å². The van der Waals surface area contributed by atoms with E-state index < -0.39 is 5.41 Å².